The van der Waals surface area contributed by atoms with Gasteiger partial charge in [0.15, 0.2) is 0 Å². The number of rotatable bonds is 3. The Kier molecular flexibility index (Phi) is 3.62. The van der Waals surface area contributed by atoms with Crippen molar-refractivity contribution >= 4 is 11.3 Å². The highest BCUT2D eigenvalue weighted by Gasteiger charge is 2.32. The lowest BCUT2D eigenvalue weighted by Gasteiger charge is -2.39. The van der Waals surface area contributed by atoms with Crippen molar-refractivity contribution in [3.05, 3.63) is 16.1 Å². The predicted octanol–water partition coefficient (Wildman–Crippen LogP) is 1.85. The standard InChI is InChI=1S/C12H21N3S/c1-4-10-9-14-11(16-10)12(2,3)15-7-5-13-6-8-15/h9,13H,4-8H2,1-3H3. The van der Waals surface area contributed by atoms with Gasteiger partial charge in [-0.2, -0.15) is 0 Å². The van der Waals surface area contributed by atoms with Crippen molar-refractivity contribution in [1.82, 2.24) is 15.2 Å². The van der Waals surface area contributed by atoms with Gasteiger partial charge in [0.05, 0.1) is 5.54 Å². The zero-order valence-electron chi connectivity index (χ0n) is 10.4. The average Bonchev–Trinajstić information content (AvgIpc) is 2.79. The lowest BCUT2D eigenvalue weighted by Crippen LogP contribution is -2.51. The highest BCUT2D eigenvalue weighted by Crippen LogP contribution is 2.31. The van der Waals surface area contributed by atoms with Crippen LogP contribution in [0.4, 0.5) is 0 Å². The molecular formula is C12H21N3S. The molecule has 1 N–H and O–H groups in total. The Labute approximate surface area is 102 Å². The maximum Gasteiger partial charge on any atom is 0.113 e. The summed E-state index contributed by atoms with van der Waals surface area (Å²) < 4.78 is 0. The molecule has 0 atom stereocenters. The minimum atomic E-state index is 0.0835. The van der Waals surface area contributed by atoms with Crippen molar-refractivity contribution in [3.8, 4) is 0 Å². The van der Waals surface area contributed by atoms with Crippen LogP contribution in [0.25, 0.3) is 0 Å². The van der Waals surface area contributed by atoms with Crippen LogP contribution in [0.15, 0.2) is 6.20 Å². The van der Waals surface area contributed by atoms with Gasteiger partial charge in [0.2, 0.25) is 0 Å². The van der Waals surface area contributed by atoms with E-state index in [-0.39, 0.29) is 5.54 Å². The summed E-state index contributed by atoms with van der Waals surface area (Å²) in [7, 11) is 0. The summed E-state index contributed by atoms with van der Waals surface area (Å²) >= 11 is 1.86. The van der Waals surface area contributed by atoms with Crippen molar-refractivity contribution in [1.29, 1.82) is 0 Å². The first-order valence-electron chi connectivity index (χ1n) is 6.05. The fourth-order valence-electron chi connectivity index (χ4n) is 2.11. The molecule has 0 spiro atoms. The fraction of sp³-hybridized carbons (Fsp3) is 0.750. The van der Waals surface area contributed by atoms with Crippen LogP contribution in [0, 0.1) is 0 Å². The van der Waals surface area contributed by atoms with Crippen LogP contribution in [-0.4, -0.2) is 36.1 Å². The third-order valence-electron chi connectivity index (χ3n) is 3.33. The van der Waals surface area contributed by atoms with E-state index in [0.29, 0.717) is 0 Å². The molecule has 1 aliphatic heterocycles. The van der Waals surface area contributed by atoms with Gasteiger partial charge in [-0.05, 0) is 20.3 Å². The molecule has 90 valence electrons. The lowest BCUT2D eigenvalue weighted by molar-refractivity contribution is 0.102. The van der Waals surface area contributed by atoms with Gasteiger partial charge in [-0.1, -0.05) is 6.92 Å². The number of aromatic nitrogens is 1. The molecule has 3 nitrogen and oxygen atoms in total. The molecule has 1 aromatic heterocycles. The maximum atomic E-state index is 4.59. The Morgan fingerprint density at radius 2 is 2.12 bits per heavy atom. The molecule has 2 heterocycles. The van der Waals surface area contributed by atoms with Crippen LogP contribution < -0.4 is 5.32 Å². The molecule has 0 saturated carbocycles. The Morgan fingerprint density at radius 3 is 2.69 bits per heavy atom. The highest BCUT2D eigenvalue weighted by atomic mass is 32.1. The number of hydrogen-bond donors (Lipinski definition) is 1. The zero-order chi connectivity index (χ0) is 11.6. The van der Waals surface area contributed by atoms with E-state index >= 15 is 0 Å². The van der Waals surface area contributed by atoms with Crippen molar-refractivity contribution in [2.24, 2.45) is 0 Å². The van der Waals surface area contributed by atoms with E-state index in [1.807, 2.05) is 17.5 Å². The van der Waals surface area contributed by atoms with Gasteiger partial charge in [0.1, 0.15) is 5.01 Å². The molecule has 0 aromatic carbocycles. The van der Waals surface area contributed by atoms with Gasteiger partial charge < -0.3 is 5.32 Å². The molecule has 2 rings (SSSR count). The number of thiazole rings is 1. The second kappa shape index (κ2) is 4.82. The molecule has 0 aliphatic carbocycles. The van der Waals surface area contributed by atoms with Gasteiger partial charge >= 0.3 is 0 Å². The topological polar surface area (TPSA) is 28.2 Å². The second-order valence-electron chi connectivity index (χ2n) is 4.78. The van der Waals surface area contributed by atoms with Crippen LogP contribution >= 0.6 is 11.3 Å². The summed E-state index contributed by atoms with van der Waals surface area (Å²) in [6, 6.07) is 0. The Bertz CT molecular complexity index is 340. The van der Waals surface area contributed by atoms with Crippen molar-refractivity contribution in [2.75, 3.05) is 26.2 Å². The molecule has 4 heteroatoms. The molecule has 1 aliphatic rings. The normalized spacial score (nSPS) is 18.9. The molecular weight excluding hydrogens is 218 g/mol. The van der Waals surface area contributed by atoms with E-state index in [1.54, 1.807) is 0 Å². The molecule has 0 unspecified atom stereocenters. The van der Waals surface area contributed by atoms with E-state index in [2.05, 4.69) is 36.0 Å². The summed E-state index contributed by atoms with van der Waals surface area (Å²) in [4.78, 5) is 8.51. The lowest BCUT2D eigenvalue weighted by atomic mass is 10.0. The number of hydrogen-bond acceptors (Lipinski definition) is 4. The third kappa shape index (κ3) is 2.29. The summed E-state index contributed by atoms with van der Waals surface area (Å²) in [5.74, 6) is 0. The number of piperazine rings is 1. The van der Waals surface area contributed by atoms with Crippen molar-refractivity contribution in [3.63, 3.8) is 0 Å². The molecule has 0 bridgehead atoms. The largest absolute Gasteiger partial charge is 0.314 e. The number of nitrogens with zero attached hydrogens (tertiary/aromatic N) is 2. The molecule has 0 amide bonds. The molecule has 16 heavy (non-hydrogen) atoms. The number of aryl methyl sites for hydroxylation is 1. The quantitative estimate of drug-likeness (QED) is 0.872. The molecule has 1 aromatic rings. The van der Waals surface area contributed by atoms with Gasteiger partial charge in [-0.3, -0.25) is 4.90 Å². The summed E-state index contributed by atoms with van der Waals surface area (Å²) in [6.45, 7) is 11.2. The maximum absolute atomic E-state index is 4.59. The molecule has 1 fully saturated rings. The molecule has 0 radical (unpaired) electrons. The minimum absolute atomic E-state index is 0.0835. The summed E-state index contributed by atoms with van der Waals surface area (Å²) in [5, 5.41) is 4.65. The number of nitrogens with one attached hydrogen (secondary N) is 1. The van der Waals surface area contributed by atoms with E-state index in [0.717, 1.165) is 32.6 Å². The second-order valence-corrected chi connectivity index (χ2v) is 5.90. The van der Waals surface area contributed by atoms with E-state index < -0.39 is 0 Å². The van der Waals surface area contributed by atoms with Crippen LogP contribution in [0.1, 0.15) is 30.7 Å². The van der Waals surface area contributed by atoms with Crippen molar-refractivity contribution in [2.45, 2.75) is 32.7 Å². The van der Waals surface area contributed by atoms with Crippen LogP contribution in [0.5, 0.6) is 0 Å². The van der Waals surface area contributed by atoms with Crippen LogP contribution in [0.3, 0.4) is 0 Å². The third-order valence-corrected chi connectivity index (χ3v) is 4.79. The van der Waals surface area contributed by atoms with Gasteiger partial charge in [0, 0.05) is 37.3 Å². The average molecular weight is 239 g/mol. The first-order valence-corrected chi connectivity index (χ1v) is 6.87. The van der Waals surface area contributed by atoms with Crippen LogP contribution in [-0.2, 0) is 12.0 Å². The SMILES string of the molecule is CCc1cnc(C(C)(C)N2CCNCC2)s1. The van der Waals surface area contributed by atoms with Gasteiger partial charge in [-0.25, -0.2) is 4.98 Å². The fourth-order valence-corrected chi connectivity index (χ4v) is 3.10. The predicted molar refractivity (Wildman–Crippen MR) is 69.0 cm³/mol. The Balaban J connectivity index is 2.15. The van der Waals surface area contributed by atoms with E-state index in [9.17, 15) is 0 Å². The Morgan fingerprint density at radius 1 is 1.44 bits per heavy atom. The first kappa shape index (κ1) is 12.0. The summed E-state index contributed by atoms with van der Waals surface area (Å²) in [5.41, 5.74) is 0.0835. The Hall–Kier alpha value is -0.450. The van der Waals surface area contributed by atoms with Crippen molar-refractivity contribution < 1.29 is 0 Å². The zero-order valence-corrected chi connectivity index (χ0v) is 11.2. The molecule has 1 saturated heterocycles. The minimum Gasteiger partial charge on any atom is -0.314 e. The first-order chi connectivity index (χ1) is 7.64. The monoisotopic (exact) mass is 239 g/mol. The highest BCUT2D eigenvalue weighted by molar-refractivity contribution is 7.11. The summed E-state index contributed by atoms with van der Waals surface area (Å²) in [6.07, 6.45) is 3.12. The van der Waals surface area contributed by atoms with Gasteiger partial charge in [0.25, 0.3) is 0 Å². The van der Waals surface area contributed by atoms with E-state index in [4.69, 9.17) is 0 Å². The van der Waals surface area contributed by atoms with Crippen LogP contribution in [0.2, 0.25) is 0 Å². The van der Waals surface area contributed by atoms with Gasteiger partial charge in [-0.15, -0.1) is 11.3 Å². The smallest absolute Gasteiger partial charge is 0.113 e. The van der Waals surface area contributed by atoms with E-state index in [1.165, 1.54) is 9.88 Å².